The molecule has 2 aliphatic rings. The second kappa shape index (κ2) is 7.41. The van der Waals surface area contributed by atoms with Crippen molar-refractivity contribution in [2.45, 2.75) is 51.9 Å². The monoisotopic (exact) mass is 281 g/mol. The third-order valence-corrected chi connectivity index (χ3v) is 5.06. The highest BCUT2D eigenvalue weighted by Gasteiger charge is 2.39. The molecule has 2 rings (SSSR count). The van der Waals surface area contributed by atoms with Gasteiger partial charge in [0.05, 0.1) is 5.41 Å². The fraction of sp³-hybridized carbons (Fsp3) is 0.938. The molecule has 4 heteroatoms. The summed E-state index contributed by atoms with van der Waals surface area (Å²) in [6.07, 6.45) is 8.26. The van der Waals surface area contributed by atoms with Gasteiger partial charge in [0.2, 0.25) is 5.91 Å². The Morgan fingerprint density at radius 2 is 1.85 bits per heavy atom. The number of likely N-dealkylation sites (tertiary alicyclic amines) is 1. The van der Waals surface area contributed by atoms with Crippen LogP contribution >= 0.6 is 0 Å². The van der Waals surface area contributed by atoms with E-state index < -0.39 is 0 Å². The molecule has 1 unspecified atom stereocenters. The van der Waals surface area contributed by atoms with Gasteiger partial charge in [0.25, 0.3) is 0 Å². The SMILES string of the molecule is CC(CNC(=O)C1(CN)CCCC1)CN1CCCCC1. The van der Waals surface area contributed by atoms with E-state index >= 15 is 0 Å². The summed E-state index contributed by atoms with van der Waals surface area (Å²) in [5.74, 6) is 0.719. The predicted octanol–water partition coefficient (Wildman–Crippen LogP) is 1.74. The minimum atomic E-state index is -0.259. The molecule has 0 aromatic rings. The van der Waals surface area contributed by atoms with Crippen LogP contribution in [0.15, 0.2) is 0 Å². The molecule has 20 heavy (non-hydrogen) atoms. The number of carbonyl (C=O) groups excluding carboxylic acids is 1. The molecular formula is C16H31N3O. The Bertz CT molecular complexity index is 307. The number of nitrogens with two attached hydrogens (primary N) is 1. The van der Waals surface area contributed by atoms with Gasteiger partial charge in [0.15, 0.2) is 0 Å². The van der Waals surface area contributed by atoms with Crippen molar-refractivity contribution in [2.75, 3.05) is 32.7 Å². The van der Waals surface area contributed by atoms with Crippen molar-refractivity contribution in [3.05, 3.63) is 0 Å². The second-order valence-electron chi connectivity index (χ2n) is 6.87. The number of nitrogens with zero attached hydrogens (tertiary/aromatic N) is 1. The second-order valence-corrected chi connectivity index (χ2v) is 6.87. The molecule has 1 heterocycles. The molecule has 0 bridgehead atoms. The smallest absolute Gasteiger partial charge is 0.227 e. The molecule has 1 aliphatic carbocycles. The lowest BCUT2D eigenvalue weighted by Crippen LogP contribution is -2.46. The largest absolute Gasteiger partial charge is 0.355 e. The Morgan fingerprint density at radius 1 is 1.20 bits per heavy atom. The summed E-state index contributed by atoms with van der Waals surface area (Å²) < 4.78 is 0. The van der Waals surface area contributed by atoms with Crippen molar-refractivity contribution >= 4 is 5.91 Å². The van der Waals surface area contributed by atoms with Gasteiger partial charge in [-0.05, 0) is 44.7 Å². The number of hydrogen-bond donors (Lipinski definition) is 2. The summed E-state index contributed by atoms with van der Waals surface area (Å²) in [5, 5.41) is 3.16. The summed E-state index contributed by atoms with van der Waals surface area (Å²) in [7, 11) is 0. The van der Waals surface area contributed by atoms with E-state index in [1.165, 1.54) is 32.4 Å². The maximum Gasteiger partial charge on any atom is 0.227 e. The minimum absolute atomic E-state index is 0.197. The van der Waals surface area contributed by atoms with Crippen LogP contribution in [-0.4, -0.2) is 43.5 Å². The third-order valence-electron chi connectivity index (χ3n) is 5.06. The van der Waals surface area contributed by atoms with Crippen LogP contribution in [0.5, 0.6) is 0 Å². The zero-order valence-electron chi connectivity index (χ0n) is 13.0. The molecule has 0 radical (unpaired) electrons. The molecule has 3 N–H and O–H groups in total. The van der Waals surface area contributed by atoms with Crippen molar-refractivity contribution in [3.63, 3.8) is 0 Å². The van der Waals surface area contributed by atoms with Crippen molar-refractivity contribution in [2.24, 2.45) is 17.1 Å². The first-order valence-electron chi connectivity index (χ1n) is 8.37. The molecule has 1 saturated heterocycles. The topological polar surface area (TPSA) is 58.4 Å². The maximum absolute atomic E-state index is 12.4. The van der Waals surface area contributed by atoms with Gasteiger partial charge in [-0.25, -0.2) is 0 Å². The summed E-state index contributed by atoms with van der Waals surface area (Å²) in [5.41, 5.74) is 5.60. The van der Waals surface area contributed by atoms with Gasteiger partial charge in [0, 0.05) is 19.6 Å². The van der Waals surface area contributed by atoms with Crippen molar-refractivity contribution < 1.29 is 4.79 Å². The van der Waals surface area contributed by atoms with E-state index in [1.54, 1.807) is 0 Å². The van der Waals surface area contributed by atoms with Gasteiger partial charge in [-0.1, -0.05) is 26.2 Å². The molecule has 1 saturated carbocycles. The van der Waals surface area contributed by atoms with E-state index in [9.17, 15) is 4.79 Å². The molecule has 0 aromatic heterocycles. The van der Waals surface area contributed by atoms with Gasteiger partial charge in [-0.3, -0.25) is 4.79 Å². The number of carbonyl (C=O) groups is 1. The lowest BCUT2D eigenvalue weighted by atomic mass is 9.85. The average molecular weight is 281 g/mol. The van der Waals surface area contributed by atoms with E-state index in [-0.39, 0.29) is 11.3 Å². The molecule has 116 valence electrons. The van der Waals surface area contributed by atoms with Crippen LogP contribution in [-0.2, 0) is 4.79 Å². The van der Waals surface area contributed by atoms with Crippen LogP contribution in [0.3, 0.4) is 0 Å². The van der Waals surface area contributed by atoms with Crippen LogP contribution < -0.4 is 11.1 Å². The van der Waals surface area contributed by atoms with E-state index in [1.807, 2.05) is 0 Å². The minimum Gasteiger partial charge on any atom is -0.355 e. The molecule has 0 aromatic carbocycles. The van der Waals surface area contributed by atoms with E-state index in [2.05, 4.69) is 17.1 Å². The number of piperidine rings is 1. The summed E-state index contributed by atoms with van der Waals surface area (Å²) in [6, 6.07) is 0. The van der Waals surface area contributed by atoms with Crippen LogP contribution in [0, 0.1) is 11.3 Å². The van der Waals surface area contributed by atoms with Gasteiger partial charge in [-0.15, -0.1) is 0 Å². The third kappa shape index (κ3) is 3.95. The molecule has 1 atom stereocenters. The maximum atomic E-state index is 12.4. The Kier molecular flexibility index (Phi) is 5.85. The average Bonchev–Trinajstić information content (AvgIpc) is 2.96. The Labute approximate surface area is 123 Å². The fourth-order valence-electron chi connectivity index (χ4n) is 3.68. The van der Waals surface area contributed by atoms with Gasteiger partial charge in [-0.2, -0.15) is 0 Å². The van der Waals surface area contributed by atoms with Crippen LogP contribution in [0.1, 0.15) is 51.9 Å². The predicted molar refractivity (Wildman–Crippen MR) is 82.4 cm³/mol. The van der Waals surface area contributed by atoms with Crippen molar-refractivity contribution in [1.29, 1.82) is 0 Å². The molecular weight excluding hydrogens is 250 g/mol. The zero-order chi connectivity index (χ0) is 14.4. The Hall–Kier alpha value is -0.610. The molecule has 0 spiro atoms. The first kappa shape index (κ1) is 15.8. The van der Waals surface area contributed by atoms with Crippen LogP contribution in [0.25, 0.3) is 0 Å². The van der Waals surface area contributed by atoms with Gasteiger partial charge >= 0.3 is 0 Å². The van der Waals surface area contributed by atoms with E-state index in [0.717, 1.165) is 38.8 Å². The zero-order valence-corrected chi connectivity index (χ0v) is 13.0. The highest BCUT2D eigenvalue weighted by molar-refractivity contribution is 5.83. The van der Waals surface area contributed by atoms with Crippen LogP contribution in [0.4, 0.5) is 0 Å². The highest BCUT2D eigenvalue weighted by Crippen LogP contribution is 2.37. The summed E-state index contributed by atoms with van der Waals surface area (Å²) >= 11 is 0. The number of hydrogen-bond acceptors (Lipinski definition) is 3. The van der Waals surface area contributed by atoms with E-state index in [0.29, 0.717) is 12.5 Å². The number of nitrogens with one attached hydrogen (secondary N) is 1. The lowest BCUT2D eigenvalue weighted by molar-refractivity contribution is -0.130. The number of rotatable bonds is 6. The Balaban J connectivity index is 1.72. The first-order valence-corrected chi connectivity index (χ1v) is 8.37. The van der Waals surface area contributed by atoms with Crippen LogP contribution in [0.2, 0.25) is 0 Å². The summed E-state index contributed by atoms with van der Waals surface area (Å²) in [4.78, 5) is 14.9. The molecule has 2 fully saturated rings. The molecule has 1 amide bonds. The Morgan fingerprint density at radius 3 is 2.45 bits per heavy atom. The summed E-state index contributed by atoms with van der Waals surface area (Å²) in [6.45, 7) is 7.08. The normalized spacial score (nSPS) is 24.5. The highest BCUT2D eigenvalue weighted by atomic mass is 16.2. The number of amides is 1. The standard InChI is InChI=1S/C16H31N3O/c1-14(12-19-9-5-2-6-10-19)11-18-15(20)16(13-17)7-3-4-8-16/h14H,2-13,17H2,1H3,(H,18,20). The van der Waals surface area contributed by atoms with Gasteiger partial charge in [0.1, 0.15) is 0 Å². The van der Waals surface area contributed by atoms with Gasteiger partial charge < -0.3 is 16.0 Å². The first-order chi connectivity index (χ1) is 9.66. The van der Waals surface area contributed by atoms with Crippen molar-refractivity contribution in [3.8, 4) is 0 Å². The van der Waals surface area contributed by atoms with E-state index in [4.69, 9.17) is 5.73 Å². The van der Waals surface area contributed by atoms with Crippen molar-refractivity contribution in [1.82, 2.24) is 10.2 Å². The quantitative estimate of drug-likeness (QED) is 0.780. The fourth-order valence-corrected chi connectivity index (χ4v) is 3.68. The molecule has 4 nitrogen and oxygen atoms in total. The molecule has 1 aliphatic heterocycles. The lowest BCUT2D eigenvalue weighted by Gasteiger charge is -2.30.